The number of methoxy groups -OCH3 is 1. The molecule has 0 aliphatic carbocycles. The zero-order valence-corrected chi connectivity index (χ0v) is 11.9. The van der Waals surface area contributed by atoms with Crippen molar-refractivity contribution in [3.63, 3.8) is 0 Å². The Bertz CT molecular complexity index is 441. The van der Waals surface area contributed by atoms with Gasteiger partial charge in [0.05, 0.1) is 31.5 Å². The van der Waals surface area contributed by atoms with Gasteiger partial charge >= 0.3 is 5.97 Å². The quantitative estimate of drug-likeness (QED) is 0.533. The third kappa shape index (κ3) is 5.87. The second kappa shape index (κ2) is 8.91. The molecule has 0 aliphatic heterocycles. The molecule has 0 saturated heterocycles. The van der Waals surface area contributed by atoms with Gasteiger partial charge in [-0.2, -0.15) is 0 Å². The summed E-state index contributed by atoms with van der Waals surface area (Å²) in [5.74, 6) is -1.75. The number of rotatable bonds is 9. The normalized spacial score (nSPS) is 12.3. The summed E-state index contributed by atoms with van der Waals surface area (Å²) in [6.07, 6.45) is -0.685. The molecule has 20 heavy (non-hydrogen) atoms. The molecule has 2 N–H and O–H groups in total. The first-order valence-corrected chi connectivity index (χ1v) is 6.93. The lowest BCUT2D eigenvalue weighted by Gasteiger charge is -2.11. The van der Waals surface area contributed by atoms with Crippen molar-refractivity contribution in [2.75, 3.05) is 32.7 Å². The molecule has 1 atom stereocenters. The number of halogens is 1. The summed E-state index contributed by atoms with van der Waals surface area (Å²) in [7, 11) is 1.56. The minimum Gasteiger partial charge on any atom is -0.478 e. The molecule has 0 aliphatic rings. The Balaban J connectivity index is 2.41. The highest BCUT2D eigenvalue weighted by atomic mass is 32.2. The standard InChI is InChI=1S/C13H17FO5S/c1-18-4-5-19-7-9(15)8-20-10-2-3-12(14)11(6-10)13(16)17/h2-3,6,9,15H,4-5,7-8H2,1H3,(H,16,17). The Hall–Kier alpha value is -1.15. The van der Waals surface area contributed by atoms with E-state index in [9.17, 15) is 14.3 Å². The monoisotopic (exact) mass is 304 g/mol. The third-order valence-corrected chi connectivity index (χ3v) is 3.49. The van der Waals surface area contributed by atoms with Gasteiger partial charge in [-0.1, -0.05) is 0 Å². The summed E-state index contributed by atoms with van der Waals surface area (Å²) in [4.78, 5) is 11.4. The van der Waals surface area contributed by atoms with Crippen LogP contribution in [-0.4, -0.2) is 55.0 Å². The fourth-order valence-corrected chi connectivity index (χ4v) is 2.21. The molecule has 0 fully saturated rings. The number of aromatic carboxylic acids is 1. The summed E-state index contributed by atoms with van der Waals surface area (Å²) < 4.78 is 23.1. The van der Waals surface area contributed by atoms with Crippen molar-refractivity contribution >= 4 is 17.7 Å². The molecule has 1 aromatic rings. The highest BCUT2D eigenvalue weighted by molar-refractivity contribution is 7.99. The molecule has 1 unspecified atom stereocenters. The molecule has 0 bridgehead atoms. The predicted octanol–water partition coefficient (Wildman–Crippen LogP) is 1.64. The van der Waals surface area contributed by atoms with Crippen molar-refractivity contribution in [3.05, 3.63) is 29.6 Å². The van der Waals surface area contributed by atoms with E-state index in [0.29, 0.717) is 23.9 Å². The number of aliphatic hydroxyl groups is 1. The summed E-state index contributed by atoms with van der Waals surface area (Å²) in [6, 6.07) is 3.83. The van der Waals surface area contributed by atoms with Gasteiger partial charge in [-0.3, -0.25) is 0 Å². The minimum absolute atomic E-state index is 0.170. The van der Waals surface area contributed by atoms with E-state index in [1.165, 1.54) is 23.9 Å². The van der Waals surface area contributed by atoms with Crippen molar-refractivity contribution in [2.45, 2.75) is 11.0 Å². The van der Waals surface area contributed by atoms with Gasteiger partial charge in [0.2, 0.25) is 0 Å². The van der Waals surface area contributed by atoms with Gasteiger partial charge in [0.25, 0.3) is 0 Å². The zero-order valence-electron chi connectivity index (χ0n) is 11.0. The van der Waals surface area contributed by atoms with Crippen LogP contribution in [0.25, 0.3) is 0 Å². The van der Waals surface area contributed by atoms with Crippen LogP contribution in [0.1, 0.15) is 10.4 Å². The molecule has 0 spiro atoms. The molecular formula is C13H17FO5S. The van der Waals surface area contributed by atoms with Crippen molar-refractivity contribution in [1.29, 1.82) is 0 Å². The van der Waals surface area contributed by atoms with E-state index in [2.05, 4.69) is 0 Å². The molecule has 0 radical (unpaired) electrons. The summed E-state index contributed by atoms with van der Waals surface area (Å²) >= 11 is 1.24. The molecule has 112 valence electrons. The Morgan fingerprint density at radius 2 is 2.20 bits per heavy atom. The van der Waals surface area contributed by atoms with Crippen molar-refractivity contribution in [3.8, 4) is 0 Å². The van der Waals surface area contributed by atoms with Crippen LogP contribution in [-0.2, 0) is 9.47 Å². The van der Waals surface area contributed by atoms with E-state index >= 15 is 0 Å². The van der Waals surface area contributed by atoms with Gasteiger partial charge in [-0.25, -0.2) is 9.18 Å². The van der Waals surface area contributed by atoms with Gasteiger partial charge in [0.15, 0.2) is 0 Å². The third-order valence-electron chi connectivity index (χ3n) is 2.35. The smallest absolute Gasteiger partial charge is 0.338 e. The van der Waals surface area contributed by atoms with E-state index in [0.717, 1.165) is 6.07 Å². The number of hydrogen-bond donors (Lipinski definition) is 2. The molecule has 0 heterocycles. The number of hydrogen-bond acceptors (Lipinski definition) is 5. The summed E-state index contributed by atoms with van der Waals surface area (Å²) in [6.45, 7) is 1.03. The van der Waals surface area contributed by atoms with E-state index in [4.69, 9.17) is 14.6 Å². The average molecular weight is 304 g/mol. The van der Waals surface area contributed by atoms with Crippen LogP contribution in [0.4, 0.5) is 4.39 Å². The maximum absolute atomic E-state index is 13.2. The average Bonchev–Trinajstić information content (AvgIpc) is 2.42. The van der Waals surface area contributed by atoms with Crippen LogP contribution in [0.5, 0.6) is 0 Å². The zero-order chi connectivity index (χ0) is 15.0. The topological polar surface area (TPSA) is 76.0 Å². The molecule has 1 rings (SSSR count). The molecule has 0 aromatic heterocycles. The lowest BCUT2D eigenvalue weighted by atomic mass is 10.2. The van der Waals surface area contributed by atoms with Crippen molar-refractivity contribution in [2.24, 2.45) is 0 Å². The maximum atomic E-state index is 13.2. The van der Waals surface area contributed by atoms with Gasteiger partial charge in [-0.05, 0) is 18.2 Å². The molecule has 1 aromatic carbocycles. The number of benzene rings is 1. The fourth-order valence-electron chi connectivity index (χ4n) is 1.36. The number of aliphatic hydroxyl groups excluding tert-OH is 1. The lowest BCUT2D eigenvalue weighted by Crippen LogP contribution is -2.19. The number of ether oxygens (including phenoxy) is 2. The molecule has 0 amide bonds. The maximum Gasteiger partial charge on any atom is 0.338 e. The van der Waals surface area contributed by atoms with Gasteiger partial charge < -0.3 is 19.7 Å². The Morgan fingerprint density at radius 3 is 2.85 bits per heavy atom. The number of carboxylic acids is 1. The van der Waals surface area contributed by atoms with Gasteiger partial charge in [-0.15, -0.1) is 11.8 Å². The Labute approximate surface area is 120 Å². The van der Waals surface area contributed by atoms with Crippen LogP contribution >= 0.6 is 11.8 Å². The van der Waals surface area contributed by atoms with Gasteiger partial charge in [0, 0.05) is 17.8 Å². The summed E-state index contributed by atoms with van der Waals surface area (Å²) in [5.41, 5.74) is -0.374. The molecule has 0 saturated carbocycles. The first kappa shape index (κ1) is 16.9. The highest BCUT2D eigenvalue weighted by Gasteiger charge is 2.12. The van der Waals surface area contributed by atoms with Crippen LogP contribution < -0.4 is 0 Å². The Morgan fingerprint density at radius 1 is 1.45 bits per heavy atom. The molecular weight excluding hydrogens is 287 g/mol. The second-order valence-electron chi connectivity index (χ2n) is 3.98. The summed E-state index contributed by atoms with van der Waals surface area (Å²) in [5, 5.41) is 18.5. The van der Waals surface area contributed by atoms with Crippen LogP contribution in [0.15, 0.2) is 23.1 Å². The van der Waals surface area contributed by atoms with Crippen LogP contribution in [0.3, 0.4) is 0 Å². The predicted molar refractivity (Wildman–Crippen MR) is 72.8 cm³/mol. The Kier molecular flexibility index (Phi) is 7.53. The highest BCUT2D eigenvalue weighted by Crippen LogP contribution is 2.22. The second-order valence-corrected chi connectivity index (χ2v) is 5.07. The van der Waals surface area contributed by atoms with E-state index in [1.54, 1.807) is 7.11 Å². The minimum atomic E-state index is -1.31. The lowest BCUT2D eigenvalue weighted by molar-refractivity contribution is 0.0218. The van der Waals surface area contributed by atoms with E-state index in [-0.39, 0.29) is 12.2 Å². The largest absolute Gasteiger partial charge is 0.478 e. The number of thioether (sulfide) groups is 1. The molecule has 7 heteroatoms. The first-order chi connectivity index (χ1) is 9.54. The van der Waals surface area contributed by atoms with Crippen molar-refractivity contribution < 1.29 is 28.9 Å². The van der Waals surface area contributed by atoms with Crippen molar-refractivity contribution in [1.82, 2.24) is 0 Å². The van der Waals surface area contributed by atoms with E-state index < -0.39 is 17.9 Å². The van der Waals surface area contributed by atoms with Crippen LogP contribution in [0.2, 0.25) is 0 Å². The number of carboxylic acid groups (broad SMARTS) is 1. The van der Waals surface area contributed by atoms with Crippen LogP contribution in [0, 0.1) is 5.82 Å². The first-order valence-electron chi connectivity index (χ1n) is 5.95. The van der Waals surface area contributed by atoms with E-state index in [1.807, 2.05) is 0 Å². The number of carbonyl (C=O) groups is 1. The molecule has 5 nitrogen and oxygen atoms in total. The van der Waals surface area contributed by atoms with Gasteiger partial charge in [0.1, 0.15) is 5.82 Å². The SMILES string of the molecule is COCCOCC(O)CSc1ccc(F)c(C(=O)O)c1. The fraction of sp³-hybridized carbons (Fsp3) is 0.462.